The third-order valence-electron chi connectivity index (χ3n) is 2.02. The van der Waals surface area contributed by atoms with Gasteiger partial charge in [-0.3, -0.25) is 4.79 Å². The molecule has 0 spiro atoms. The number of benzene rings is 1. The molecule has 0 fully saturated rings. The topological polar surface area (TPSA) is 32.9 Å². The van der Waals surface area contributed by atoms with Crippen LogP contribution < -0.4 is 5.56 Å². The summed E-state index contributed by atoms with van der Waals surface area (Å²) in [4.78, 5) is 13.4. The number of aromatic amines is 1. The van der Waals surface area contributed by atoms with E-state index in [0.29, 0.717) is 5.56 Å². The molecular formula is C10H7Cl2NO. The van der Waals surface area contributed by atoms with Crippen LogP contribution in [-0.2, 0) is 0 Å². The summed E-state index contributed by atoms with van der Waals surface area (Å²) in [7, 11) is 0. The Morgan fingerprint density at radius 3 is 2.64 bits per heavy atom. The second-order valence-corrected chi connectivity index (χ2v) is 4.04. The lowest BCUT2D eigenvalue weighted by molar-refractivity contribution is 1.19. The summed E-state index contributed by atoms with van der Waals surface area (Å²) in [5, 5.41) is 0.924. The second kappa shape index (κ2) is 3.64. The van der Waals surface area contributed by atoms with Gasteiger partial charge >= 0.3 is 0 Å². The molecule has 1 aromatic heterocycles. The van der Waals surface area contributed by atoms with Crippen LogP contribution in [0.15, 0.2) is 35.1 Å². The van der Waals surface area contributed by atoms with Crippen molar-refractivity contribution in [3.63, 3.8) is 0 Å². The van der Waals surface area contributed by atoms with Crippen LogP contribution >= 0.6 is 23.2 Å². The first-order chi connectivity index (χ1) is 6.68. The Balaban J connectivity index is 2.78. The molecule has 14 heavy (non-hydrogen) atoms. The highest BCUT2D eigenvalue weighted by molar-refractivity contribution is 6.44. The summed E-state index contributed by atoms with van der Waals surface area (Å²) in [6.45, 7) is 0. The zero-order valence-electron chi connectivity index (χ0n) is 7.13. The zero-order chi connectivity index (χ0) is 10.1. The largest absolute Gasteiger partial charge is 0.322 e. The van der Waals surface area contributed by atoms with E-state index in [9.17, 15) is 4.79 Å². The number of pyridine rings is 1. The van der Waals surface area contributed by atoms with E-state index in [1.165, 1.54) is 0 Å². The highest BCUT2D eigenvalue weighted by atomic mass is 35.5. The maximum absolute atomic E-state index is 11.5. The summed E-state index contributed by atoms with van der Waals surface area (Å²) in [5.74, 6) is 0. The molecule has 0 saturated heterocycles. The van der Waals surface area contributed by atoms with Crippen molar-refractivity contribution in [2.75, 3.05) is 0 Å². The van der Waals surface area contributed by atoms with Crippen LogP contribution in [0.3, 0.4) is 0 Å². The normalized spacial score (nSPS) is 11.1. The summed E-state index contributed by atoms with van der Waals surface area (Å²) in [5.41, 5.74) is 0.931. The minimum Gasteiger partial charge on any atom is -0.322 e. The summed E-state index contributed by atoms with van der Waals surface area (Å²) >= 11 is 11.3. The van der Waals surface area contributed by atoms with Gasteiger partial charge in [-0.15, -0.1) is 0 Å². The fourth-order valence-electron chi connectivity index (χ4n) is 1.33. The fraction of sp³-hybridized carbons (Fsp3) is 0.100. The van der Waals surface area contributed by atoms with Crippen LogP contribution in [0.2, 0.25) is 0 Å². The molecule has 0 radical (unpaired) electrons. The van der Waals surface area contributed by atoms with Crippen LogP contribution in [0.5, 0.6) is 0 Å². The maximum atomic E-state index is 11.5. The van der Waals surface area contributed by atoms with Gasteiger partial charge in [-0.05, 0) is 17.5 Å². The lowest BCUT2D eigenvalue weighted by Gasteiger charge is -2.02. The molecule has 0 aliphatic carbocycles. The van der Waals surface area contributed by atoms with Crippen LogP contribution in [0.4, 0.5) is 0 Å². The molecule has 2 rings (SSSR count). The van der Waals surface area contributed by atoms with E-state index in [4.69, 9.17) is 23.2 Å². The molecule has 0 atom stereocenters. The number of aromatic nitrogens is 1. The average molecular weight is 228 g/mol. The highest BCUT2D eigenvalue weighted by Crippen LogP contribution is 2.23. The molecule has 0 aliphatic rings. The number of fused-ring (bicyclic) bond motifs is 1. The SMILES string of the molecule is O=c1[nH]c2ccccc2cc1C(Cl)Cl. The summed E-state index contributed by atoms with van der Waals surface area (Å²) in [6, 6.07) is 9.18. The third-order valence-corrected chi connectivity index (χ3v) is 2.49. The number of rotatable bonds is 1. The molecule has 0 aliphatic heterocycles. The number of nitrogens with one attached hydrogen (secondary N) is 1. The van der Waals surface area contributed by atoms with Gasteiger partial charge < -0.3 is 4.98 Å². The Labute approximate surface area is 90.5 Å². The van der Waals surface area contributed by atoms with Gasteiger partial charge in [0, 0.05) is 5.52 Å². The first-order valence-corrected chi connectivity index (χ1v) is 4.96. The van der Waals surface area contributed by atoms with Crippen molar-refractivity contribution in [1.29, 1.82) is 0 Å². The van der Waals surface area contributed by atoms with Crippen molar-refractivity contribution in [3.05, 3.63) is 46.2 Å². The van der Waals surface area contributed by atoms with E-state index < -0.39 is 4.84 Å². The number of halogens is 2. The molecule has 0 saturated carbocycles. The number of alkyl halides is 2. The lowest BCUT2D eigenvalue weighted by Crippen LogP contribution is -2.11. The van der Waals surface area contributed by atoms with Crippen molar-refractivity contribution in [2.45, 2.75) is 4.84 Å². The Hall–Kier alpha value is -0.990. The molecule has 1 aromatic carbocycles. The fourth-order valence-corrected chi connectivity index (χ4v) is 1.65. The average Bonchev–Trinajstić information content (AvgIpc) is 2.16. The second-order valence-electron chi connectivity index (χ2n) is 2.94. The molecule has 2 aromatic rings. The first kappa shape index (κ1) is 9.56. The van der Waals surface area contributed by atoms with Crippen molar-refractivity contribution in [2.24, 2.45) is 0 Å². The van der Waals surface area contributed by atoms with E-state index in [1.54, 1.807) is 6.07 Å². The molecule has 2 nitrogen and oxygen atoms in total. The number of para-hydroxylation sites is 1. The van der Waals surface area contributed by atoms with Crippen molar-refractivity contribution >= 4 is 34.1 Å². The predicted molar refractivity (Wildman–Crippen MR) is 59.0 cm³/mol. The third kappa shape index (κ3) is 1.63. The van der Waals surface area contributed by atoms with Gasteiger partial charge in [0.15, 0.2) is 0 Å². The zero-order valence-corrected chi connectivity index (χ0v) is 8.64. The summed E-state index contributed by atoms with van der Waals surface area (Å²) < 4.78 is 0. The van der Waals surface area contributed by atoms with Gasteiger partial charge in [-0.2, -0.15) is 0 Å². The predicted octanol–water partition coefficient (Wildman–Crippen LogP) is 3.00. The molecule has 1 N–H and O–H groups in total. The van der Waals surface area contributed by atoms with Crippen molar-refractivity contribution in [1.82, 2.24) is 4.98 Å². The van der Waals surface area contributed by atoms with Crippen LogP contribution in [-0.4, -0.2) is 4.98 Å². The Morgan fingerprint density at radius 1 is 1.21 bits per heavy atom. The number of H-pyrrole nitrogens is 1. The first-order valence-electron chi connectivity index (χ1n) is 4.08. The Morgan fingerprint density at radius 2 is 1.93 bits per heavy atom. The monoisotopic (exact) mass is 227 g/mol. The summed E-state index contributed by atoms with van der Waals surface area (Å²) in [6.07, 6.45) is 0. The minimum atomic E-state index is -0.789. The lowest BCUT2D eigenvalue weighted by atomic mass is 10.2. The standard InChI is InChI=1S/C10H7Cl2NO/c11-9(12)7-5-6-3-1-2-4-8(6)13-10(7)14/h1-5,9H,(H,13,14). The Bertz CT molecular complexity index is 519. The van der Waals surface area contributed by atoms with E-state index in [2.05, 4.69) is 4.98 Å². The quantitative estimate of drug-likeness (QED) is 0.747. The smallest absolute Gasteiger partial charge is 0.254 e. The molecule has 0 unspecified atom stereocenters. The van der Waals surface area contributed by atoms with Crippen molar-refractivity contribution in [3.8, 4) is 0 Å². The van der Waals surface area contributed by atoms with Crippen molar-refractivity contribution < 1.29 is 0 Å². The van der Waals surface area contributed by atoms with E-state index in [0.717, 1.165) is 10.9 Å². The van der Waals surface area contributed by atoms with Crippen LogP contribution in [0.1, 0.15) is 10.4 Å². The van der Waals surface area contributed by atoms with E-state index >= 15 is 0 Å². The van der Waals surface area contributed by atoms with Gasteiger partial charge in [-0.1, -0.05) is 41.4 Å². The molecule has 1 heterocycles. The number of hydrogen-bond acceptors (Lipinski definition) is 1. The highest BCUT2D eigenvalue weighted by Gasteiger charge is 2.09. The van der Waals surface area contributed by atoms with Crippen LogP contribution in [0, 0.1) is 0 Å². The van der Waals surface area contributed by atoms with E-state index in [1.807, 2.05) is 24.3 Å². The molecule has 0 bridgehead atoms. The van der Waals surface area contributed by atoms with Gasteiger partial charge in [-0.25, -0.2) is 0 Å². The van der Waals surface area contributed by atoms with Gasteiger partial charge in [0.1, 0.15) is 4.84 Å². The number of hydrogen-bond donors (Lipinski definition) is 1. The van der Waals surface area contributed by atoms with Gasteiger partial charge in [0.05, 0.1) is 5.56 Å². The van der Waals surface area contributed by atoms with Crippen LogP contribution in [0.25, 0.3) is 10.9 Å². The van der Waals surface area contributed by atoms with Gasteiger partial charge in [0.2, 0.25) is 0 Å². The van der Waals surface area contributed by atoms with Gasteiger partial charge in [0.25, 0.3) is 5.56 Å². The molecular weight excluding hydrogens is 221 g/mol. The molecule has 4 heteroatoms. The molecule has 72 valence electrons. The molecule has 0 amide bonds. The Kier molecular flexibility index (Phi) is 2.48. The van der Waals surface area contributed by atoms with E-state index in [-0.39, 0.29) is 5.56 Å². The minimum absolute atomic E-state index is 0.237. The maximum Gasteiger partial charge on any atom is 0.254 e.